The molecule has 2 aromatic rings. The Bertz CT molecular complexity index is 694. The maximum Gasteiger partial charge on any atom is 0.410 e. The van der Waals surface area contributed by atoms with Crippen molar-refractivity contribution < 1.29 is 22.4 Å². The fraction of sp³-hybridized carbons (Fsp3) is 0.429. The van der Waals surface area contributed by atoms with Crippen molar-refractivity contribution >= 4 is 30.3 Å². The summed E-state index contributed by atoms with van der Waals surface area (Å²) in [5, 5.41) is 0.657. The van der Waals surface area contributed by atoms with E-state index in [1.165, 1.54) is 13.8 Å². The van der Waals surface area contributed by atoms with E-state index in [2.05, 4.69) is 4.98 Å². The van der Waals surface area contributed by atoms with Crippen LogP contribution in [0, 0.1) is 6.92 Å². The van der Waals surface area contributed by atoms with Crippen molar-refractivity contribution in [3.63, 3.8) is 0 Å². The smallest absolute Gasteiger partial charge is 0.358 e. The van der Waals surface area contributed by atoms with Crippen molar-refractivity contribution in [1.29, 1.82) is 0 Å². The van der Waals surface area contributed by atoms with Gasteiger partial charge in [0.2, 0.25) is 0 Å². The second-order valence-electron chi connectivity index (χ2n) is 4.55. The zero-order valence-electron chi connectivity index (χ0n) is 12.6. The normalized spacial score (nSPS) is 13.0. The molecule has 0 spiro atoms. The first-order valence-corrected chi connectivity index (χ1v) is 9.24. The molecule has 1 N–H and O–H groups in total. The van der Waals surface area contributed by atoms with Crippen LogP contribution in [-0.4, -0.2) is 23.2 Å². The van der Waals surface area contributed by atoms with Gasteiger partial charge in [-0.3, -0.25) is 4.57 Å². The first-order valence-electron chi connectivity index (χ1n) is 6.88. The summed E-state index contributed by atoms with van der Waals surface area (Å²) in [5.41, 5.74) is 1.34. The van der Waals surface area contributed by atoms with Crippen LogP contribution in [0.2, 0.25) is 0 Å². The van der Waals surface area contributed by atoms with Gasteiger partial charge in [0.15, 0.2) is 0 Å². The van der Waals surface area contributed by atoms with Crippen molar-refractivity contribution in [3.05, 3.63) is 30.0 Å². The molecule has 0 atom stereocenters. The van der Waals surface area contributed by atoms with E-state index >= 15 is 0 Å². The van der Waals surface area contributed by atoms with E-state index in [-0.39, 0.29) is 25.0 Å². The molecule has 1 aromatic heterocycles. The fourth-order valence-corrected chi connectivity index (χ4v) is 4.92. The summed E-state index contributed by atoms with van der Waals surface area (Å²) in [6, 6.07) is 7.12. The van der Waals surface area contributed by atoms with Gasteiger partial charge in [0.25, 0.3) is 0 Å². The molecule has 0 aliphatic carbocycles. The van der Waals surface area contributed by atoms with Gasteiger partial charge in [-0.15, -0.1) is 0 Å². The number of para-hydroxylation sites is 1. The number of alkyl halides is 2. The monoisotopic (exact) mass is 349 g/mol. The Labute approximate surface area is 132 Å². The first kappa shape index (κ1) is 17.5. The predicted octanol–water partition coefficient (Wildman–Crippen LogP) is 5.38. The number of benzene rings is 1. The number of rotatable bonds is 7. The average Bonchev–Trinajstić information content (AvgIpc) is 2.75. The van der Waals surface area contributed by atoms with Gasteiger partial charge in [0.1, 0.15) is 0 Å². The van der Waals surface area contributed by atoms with Gasteiger partial charge in [-0.1, -0.05) is 18.2 Å². The fourth-order valence-electron chi connectivity index (χ4n) is 2.09. The van der Waals surface area contributed by atoms with Gasteiger partial charge in [0, 0.05) is 21.5 Å². The molecule has 0 radical (unpaired) electrons. The lowest BCUT2D eigenvalue weighted by molar-refractivity contribution is 0.112. The minimum Gasteiger partial charge on any atom is -0.358 e. The van der Waals surface area contributed by atoms with Crippen LogP contribution in [0.15, 0.2) is 29.2 Å². The number of aromatic nitrogens is 1. The summed E-state index contributed by atoms with van der Waals surface area (Å²) in [6.45, 7) is 4.48. The lowest BCUT2D eigenvalue weighted by Gasteiger charge is -2.25. The highest BCUT2D eigenvalue weighted by atomic mass is 32.2. The van der Waals surface area contributed by atoms with E-state index in [1.807, 2.05) is 6.07 Å². The molecule has 0 aliphatic rings. The number of hydrogen-bond donors (Lipinski definition) is 1. The lowest BCUT2D eigenvalue weighted by Crippen LogP contribution is -2.16. The first-order chi connectivity index (χ1) is 10.3. The molecular weight excluding hydrogens is 331 g/mol. The molecule has 8 heteroatoms. The second-order valence-corrected chi connectivity index (χ2v) is 8.05. The molecule has 0 unspecified atom stereocenters. The highest BCUT2D eigenvalue weighted by Crippen LogP contribution is 2.68. The van der Waals surface area contributed by atoms with Crippen LogP contribution in [0.25, 0.3) is 10.9 Å². The van der Waals surface area contributed by atoms with Crippen molar-refractivity contribution in [3.8, 4) is 0 Å². The van der Waals surface area contributed by atoms with Crippen molar-refractivity contribution in [2.45, 2.75) is 30.7 Å². The Morgan fingerprint density at radius 1 is 1.23 bits per heavy atom. The highest BCUT2D eigenvalue weighted by molar-refractivity contribution is 8.06. The molecular formula is C14H18F2NO3PS. The van der Waals surface area contributed by atoms with E-state index in [0.29, 0.717) is 16.0 Å². The van der Waals surface area contributed by atoms with Gasteiger partial charge in [0.05, 0.1) is 13.2 Å². The summed E-state index contributed by atoms with van der Waals surface area (Å²) in [7, 11) is -4.55. The molecule has 2 rings (SSSR count). The molecule has 0 aliphatic heterocycles. The van der Waals surface area contributed by atoms with Gasteiger partial charge in [-0.25, -0.2) is 0 Å². The molecule has 0 bridgehead atoms. The SMILES string of the molecule is CCOP(=O)(OCC)C(F)(F)Sc1c(C)[nH]c2ccccc12. The summed E-state index contributed by atoms with van der Waals surface area (Å²) in [5.74, 6) is 0. The quantitative estimate of drug-likeness (QED) is 0.538. The van der Waals surface area contributed by atoms with Gasteiger partial charge < -0.3 is 14.0 Å². The number of nitrogens with one attached hydrogen (secondary N) is 1. The van der Waals surface area contributed by atoms with Gasteiger partial charge >= 0.3 is 12.6 Å². The van der Waals surface area contributed by atoms with Crippen LogP contribution in [-0.2, 0) is 13.6 Å². The standard InChI is InChI=1S/C14H18F2NO3PS/c1-4-19-21(18,20-5-2)14(15,16)22-13-10(3)17-12-9-7-6-8-11(12)13/h6-9,17H,4-5H2,1-3H3. The van der Waals surface area contributed by atoms with Crippen LogP contribution in [0.4, 0.5) is 8.78 Å². The van der Waals surface area contributed by atoms with Crippen LogP contribution >= 0.6 is 19.4 Å². The van der Waals surface area contributed by atoms with E-state index in [9.17, 15) is 13.3 Å². The lowest BCUT2D eigenvalue weighted by atomic mass is 10.2. The van der Waals surface area contributed by atoms with Crippen molar-refractivity contribution in [2.24, 2.45) is 0 Å². The largest absolute Gasteiger partial charge is 0.410 e. The van der Waals surface area contributed by atoms with E-state index in [0.717, 1.165) is 5.52 Å². The summed E-state index contributed by atoms with van der Waals surface area (Å²) < 4.78 is 51.1. The minimum atomic E-state index is -4.55. The molecule has 122 valence electrons. The van der Waals surface area contributed by atoms with Crippen molar-refractivity contribution in [2.75, 3.05) is 13.2 Å². The Morgan fingerprint density at radius 3 is 2.41 bits per heavy atom. The molecule has 0 saturated heterocycles. The molecule has 0 amide bonds. The molecule has 22 heavy (non-hydrogen) atoms. The van der Waals surface area contributed by atoms with E-state index < -0.39 is 12.6 Å². The third-order valence-corrected chi connectivity index (χ3v) is 6.73. The highest BCUT2D eigenvalue weighted by Gasteiger charge is 2.55. The number of fused-ring (bicyclic) bond motifs is 1. The second kappa shape index (κ2) is 6.71. The van der Waals surface area contributed by atoms with E-state index in [1.54, 1.807) is 25.1 Å². The number of halogens is 2. The number of hydrogen-bond acceptors (Lipinski definition) is 4. The zero-order valence-corrected chi connectivity index (χ0v) is 14.3. The Kier molecular flexibility index (Phi) is 5.33. The summed E-state index contributed by atoms with van der Waals surface area (Å²) in [4.78, 5) is -0.285. The van der Waals surface area contributed by atoms with E-state index in [4.69, 9.17) is 9.05 Å². The van der Waals surface area contributed by atoms with Gasteiger partial charge in [-0.2, -0.15) is 8.78 Å². The summed E-state index contributed by atoms with van der Waals surface area (Å²) >= 11 is 0.218. The van der Waals surface area contributed by atoms with Crippen molar-refractivity contribution in [1.82, 2.24) is 4.98 Å². The molecule has 0 saturated carbocycles. The minimum absolute atomic E-state index is 0.111. The van der Waals surface area contributed by atoms with Crippen LogP contribution in [0.3, 0.4) is 0 Å². The Morgan fingerprint density at radius 2 is 1.82 bits per heavy atom. The number of H-pyrrole nitrogens is 1. The number of thioether (sulfide) groups is 1. The Balaban J connectivity index is 2.41. The average molecular weight is 349 g/mol. The topological polar surface area (TPSA) is 51.3 Å². The Hall–Kier alpha value is -0.880. The van der Waals surface area contributed by atoms with Crippen LogP contribution in [0.1, 0.15) is 19.5 Å². The third-order valence-electron chi connectivity index (χ3n) is 2.98. The molecule has 4 nitrogen and oxygen atoms in total. The zero-order chi connectivity index (χ0) is 16.4. The maximum atomic E-state index is 14.6. The maximum absolute atomic E-state index is 14.6. The predicted molar refractivity (Wildman–Crippen MR) is 84.7 cm³/mol. The van der Waals surface area contributed by atoms with Crippen LogP contribution in [0.5, 0.6) is 0 Å². The number of aromatic amines is 1. The molecule has 1 aromatic carbocycles. The number of aryl methyl sites for hydroxylation is 1. The third kappa shape index (κ3) is 3.23. The molecule has 1 heterocycles. The van der Waals surface area contributed by atoms with Crippen LogP contribution < -0.4 is 0 Å². The summed E-state index contributed by atoms with van der Waals surface area (Å²) in [6.07, 6.45) is 0. The molecule has 0 fully saturated rings. The van der Waals surface area contributed by atoms with Gasteiger partial charge in [-0.05, 0) is 38.6 Å².